The summed E-state index contributed by atoms with van der Waals surface area (Å²) in [7, 11) is -4.74. The molecule has 0 aliphatic rings. The smallest absolute Gasteiger partial charge is 0.472 e. The van der Waals surface area contributed by atoms with Crippen molar-refractivity contribution in [3.05, 3.63) is 36.5 Å². The highest BCUT2D eigenvalue weighted by atomic mass is 31.2. The predicted molar refractivity (Wildman–Crippen MR) is 171 cm³/mol. The minimum absolute atomic E-state index is 0.110. The van der Waals surface area contributed by atoms with Crippen molar-refractivity contribution in [2.24, 2.45) is 0 Å². The van der Waals surface area contributed by atoms with Crippen LogP contribution < -0.4 is 5.32 Å². The topological polar surface area (TPSA) is 169 Å². The Labute approximate surface area is 263 Å². The van der Waals surface area contributed by atoms with Gasteiger partial charge < -0.3 is 25.2 Å². The summed E-state index contributed by atoms with van der Waals surface area (Å²) in [4.78, 5) is 45.3. The molecule has 4 N–H and O–H groups in total. The maximum absolute atomic E-state index is 12.2. The molecule has 0 saturated carbocycles. The summed E-state index contributed by atoms with van der Waals surface area (Å²) < 4.78 is 26.5. The van der Waals surface area contributed by atoms with Crippen LogP contribution >= 0.6 is 7.82 Å². The Morgan fingerprint density at radius 3 is 1.98 bits per heavy atom. The second-order valence-corrected chi connectivity index (χ2v) is 12.1. The number of ether oxygens (including phenoxy) is 1. The number of nitrogens with one attached hydrogen (secondary N) is 1. The zero-order chi connectivity index (χ0) is 32.9. The molecule has 0 saturated heterocycles. The van der Waals surface area contributed by atoms with E-state index in [0.717, 1.165) is 57.8 Å². The van der Waals surface area contributed by atoms with Crippen molar-refractivity contribution in [2.75, 3.05) is 19.8 Å². The van der Waals surface area contributed by atoms with Crippen LogP contribution in [0.25, 0.3) is 0 Å². The van der Waals surface area contributed by atoms with E-state index in [4.69, 9.17) is 9.26 Å². The summed E-state index contributed by atoms with van der Waals surface area (Å²) in [5.74, 6) is -2.43. The van der Waals surface area contributed by atoms with Gasteiger partial charge in [0.2, 0.25) is 5.91 Å². The summed E-state index contributed by atoms with van der Waals surface area (Å²) in [6.45, 7) is 2.34. The van der Waals surface area contributed by atoms with Crippen LogP contribution in [0, 0.1) is 0 Å². The van der Waals surface area contributed by atoms with E-state index in [0.29, 0.717) is 12.8 Å². The van der Waals surface area contributed by atoms with Crippen LogP contribution in [-0.4, -0.2) is 64.9 Å². The van der Waals surface area contributed by atoms with Crippen LogP contribution in [0.2, 0.25) is 0 Å². The van der Waals surface area contributed by atoms with E-state index < -0.39 is 57.6 Å². The second kappa shape index (κ2) is 28.2. The summed E-state index contributed by atoms with van der Waals surface area (Å²) >= 11 is 0. The number of aliphatic carboxylic acids is 1. The Morgan fingerprint density at radius 1 is 0.750 bits per heavy atom. The molecule has 0 rings (SSSR count). The number of phosphoric acid groups is 1. The third-order valence-electron chi connectivity index (χ3n) is 6.44. The van der Waals surface area contributed by atoms with Crippen LogP contribution in [0.4, 0.5) is 0 Å². The Balaban J connectivity index is 4.12. The molecule has 0 aromatic rings. The highest BCUT2D eigenvalue weighted by molar-refractivity contribution is 7.47. The van der Waals surface area contributed by atoms with Crippen molar-refractivity contribution >= 4 is 25.7 Å². The molecule has 0 radical (unpaired) electrons. The molecule has 11 nitrogen and oxygen atoms in total. The number of carboxylic acids is 1. The monoisotopic (exact) mass is 645 g/mol. The molecule has 1 amide bonds. The van der Waals surface area contributed by atoms with E-state index in [1.807, 2.05) is 0 Å². The van der Waals surface area contributed by atoms with Gasteiger partial charge in [0, 0.05) is 12.8 Å². The maximum Gasteiger partial charge on any atom is 0.472 e. The minimum atomic E-state index is -4.74. The van der Waals surface area contributed by atoms with E-state index in [1.165, 1.54) is 19.3 Å². The molecule has 0 heterocycles. The first kappa shape index (κ1) is 41.7. The third kappa shape index (κ3) is 27.3. The van der Waals surface area contributed by atoms with Gasteiger partial charge in [-0.1, -0.05) is 95.2 Å². The van der Waals surface area contributed by atoms with Crippen LogP contribution in [-0.2, 0) is 32.7 Å². The zero-order valence-corrected chi connectivity index (χ0v) is 27.6. The average Bonchev–Trinajstić information content (AvgIpc) is 2.98. The van der Waals surface area contributed by atoms with Gasteiger partial charge in [-0.05, 0) is 44.9 Å². The first-order valence-corrected chi connectivity index (χ1v) is 17.5. The molecule has 0 spiro atoms. The standard InChI is InChI=1S/C32H56NO10P/c1-3-5-7-9-11-12-13-14-15-16-18-19-21-23-30(35)33-29(32(37)38)27-43-44(39,40)42-26-28(34)25-41-31(36)24-22-20-17-10-8-6-4-2/h5,7,11-12,14-15,28-29,34H,3-4,6,8-10,13,16-27H2,1-2H3,(H,33,35)(H,37,38)(H,39,40)/b7-5-,12-11-,15-14-. The van der Waals surface area contributed by atoms with Crippen molar-refractivity contribution in [2.45, 2.75) is 129 Å². The zero-order valence-electron chi connectivity index (χ0n) is 26.7. The number of carbonyl (C=O) groups excluding carboxylic acids is 2. The minimum Gasteiger partial charge on any atom is -0.480 e. The number of allylic oxidation sites excluding steroid dienone is 6. The molecule has 0 aromatic heterocycles. The lowest BCUT2D eigenvalue weighted by Gasteiger charge is -2.18. The number of carboxylic acid groups (broad SMARTS) is 1. The first-order valence-electron chi connectivity index (χ1n) is 16.0. The van der Waals surface area contributed by atoms with Crippen LogP contribution in [0.5, 0.6) is 0 Å². The van der Waals surface area contributed by atoms with Gasteiger partial charge in [-0.3, -0.25) is 18.6 Å². The lowest BCUT2D eigenvalue weighted by molar-refractivity contribution is -0.147. The van der Waals surface area contributed by atoms with E-state index >= 15 is 0 Å². The second-order valence-electron chi connectivity index (χ2n) is 10.6. The number of unbranched alkanes of at least 4 members (excludes halogenated alkanes) is 9. The molecular weight excluding hydrogens is 589 g/mol. The van der Waals surface area contributed by atoms with Crippen molar-refractivity contribution in [3.63, 3.8) is 0 Å². The molecule has 0 fully saturated rings. The number of aliphatic hydroxyl groups excluding tert-OH is 1. The lowest BCUT2D eigenvalue weighted by atomic mass is 10.1. The predicted octanol–water partition coefficient (Wildman–Crippen LogP) is 6.54. The number of amides is 1. The fourth-order valence-corrected chi connectivity index (χ4v) is 4.69. The number of esters is 1. The third-order valence-corrected chi connectivity index (χ3v) is 7.39. The van der Waals surface area contributed by atoms with Crippen LogP contribution in [0.1, 0.15) is 117 Å². The number of aliphatic hydroxyl groups is 1. The largest absolute Gasteiger partial charge is 0.480 e. The number of phosphoric ester groups is 1. The molecule has 0 aliphatic heterocycles. The molecular formula is C32H56NO10P. The van der Waals surface area contributed by atoms with Gasteiger partial charge in [0.25, 0.3) is 0 Å². The molecule has 0 aliphatic carbocycles. The van der Waals surface area contributed by atoms with E-state index in [-0.39, 0.29) is 12.8 Å². The maximum atomic E-state index is 12.2. The summed E-state index contributed by atoms with van der Waals surface area (Å²) in [5, 5.41) is 21.5. The lowest BCUT2D eigenvalue weighted by Crippen LogP contribution is -2.43. The van der Waals surface area contributed by atoms with Gasteiger partial charge in [0.05, 0.1) is 13.2 Å². The van der Waals surface area contributed by atoms with Gasteiger partial charge in [-0.2, -0.15) is 0 Å². The Kier molecular flexibility index (Phi) is 26.7. The Bertz CT molecular complexity index is 905. The number of carbonyl (C=O) groups is 3. The first-order chi connectivity index (χ1) is 21.1. The number of hydrogen-bond acceptors (Lipinski definition) is 8. The normalized spacial score (nSPS) is 14.6. The fourth-order valence-electron chi connectivity index (χ4n) is 3.91. The molecule has 0 bridgehead atoms. The van der Waals surface area contributed by atoms with Crippen LogP contribution in [0.15, 0.2) is 36.5 Å². The number of rotatable bonds is 29. The van der Waals surface area contributed by atoms with Crippen molar-refractivity contribution in [3.8, 4) is 0 Å². The van der Waals surface area contributed by atoms with Gasteiger partial charge in [0.1, 0.15) is 12.7 Å². The molecule has 12 heteroatoms. The molecule has 44 heavy (non-hydrogen) atoms. The number of hydrogen-bond donors (Lipinski definition) is 4. The van der Waals surface area contributed by atoms with Crippen molar-refractivity contribution in [1.82, 2.24) is 5.32 Å². The van der Waals surface area contributed by atoms with E-state index in [2.05, 4.69) is 60.1 Å². The van der Waals surface area contributed by atoms with Gasteiger partial charge in [0.15, 0.2) is 6.04 Å². The molecule has 3 unspecified atom stereocenters. The van der Waals surface area contributed by atoms with Gasteiger partial charge in [-0.15, -0.1) is 0 Å². The molecule has 254 valence electrons. The molecule has 0 aromatic carbocycles. The van der Waals surface area contributed by atoms with Gasteiger partial charge >= 0.3 is 19.8 Å². The average molecular weight is 646 g/mol. The van der Waals surface area contributed by atoms with Crippen molar-refractivity contribution in [1.29, 1.82) is 0 Å². The summed E-state index contributed by atoms with van der Waals surface area (Å²) in [5.41, 5.74) is 0. The fraction of sp³-hybridized carbons (Fsp3) is 0.719. The molecule has 3 atom stereocenters. The SMILES string of the molecule is CC/C=C\C/C=C\C/C=C\CCCCCC(=O)NC(COP(=O)(O)OCC(O)COC(=O)CCCCCCCCC)C(=O)O. The summed E-state index contributed by atoms with van der Waals surface area (Å²) in [6, 6.07) is -1.56. The van der Waals surface area contributed by atoms with Crippen molar-refractivity contribution < 1.29 is 47.8 Å². The van der Waals surface area contributed by atoms with Gasteiger partial charge in [-0.25, -0.2) is 9.36 Å². The Morgan fingerprint density at radius 2 is 1.32 bits per heavy atom. The Hall–Kier alpha value is -2.30. The quantitative estimate of drug-likeness (QED) is 0.0303. The summed E-state index contributed by atoms with van der Waals surface area (Å²) in [6.07, 6.45) is 25.0. The van der Waals surface area contributed by atoms with E-state index in [1.54, 1.807) is 0 Å². The highest BCUT2D eigenvalue weighted by Crippen LogP contribution is 2.43. The van der Waals surface area contributed by atoms with Crippen LogP contribution in [0.3, 0.4) is 0 Å². The van der Waals surface area contributed by atoms with E-state index in [9.17, 15) is 34.1 Å². The highest BCUT2D eigenvalue weighted by Gasteiger charge is 2.28.